The molecule has 2 fully saturated rings. The number of nitrogens with zero attached hydrogens (tertiary/aromatic N) is 1. The summed E-state index contributed by atoms with van der Waals surface area (Å²) < 4.78 is 10.9. The number of carbonyl (C=O) groups excluding carboxylic acids is 1. The molecule has 1 aromatic rings. The molecule has 1 aliphatic carbocycles. The van der Waals surface area contributed by atoms with Crippen LogP contribution in [0.2, 0.25) is 0 Å². The third-order valence-corrected chi connectivity index (χ3v) is 4.38. The highest BCUT2D eigenvalue weighted by Gasteiger charge is 2.33. The second-order valence-corrected chi connectivity index (χ2v) is 6.22. The minimum absolute atomic E-state index is 0.00933. The second-order valence-electron chi connectivity index (χ2n) is 5.19. The average molecular weight is 296 g/mol. The SMILES string of the molecule is O=C(NCC1COCCO1)N(Cc1cccs1)C1CC1. The Labute approximate surface area is 122 Å². The lowest BCUT2D eigenvalue weighted by atomic mass is 10.3. The van der Waals surface area contributed by atoms with Crippen LogP contribution in [0.25, 0.3) is 0 Å². The van der Waals surface area contributed by atoms with Crippen LogP contribution in [-0.2, 0) is 16.0 Å². The van der Waals surface area contributed by atoms with Gasteiger partial charge in [0, 0.05) is 17.5 Å². The van der Waals surface area contributed by atoms with Crippen molar-refractivity contribution in [1.82, 2.24) is 10.2 Å². The molecule has 2 amide bonds. The monoisotopic (exact) mass is 296 g/mol. The van der Waals surface area contributed by atoms with Gasteiger partial charge >= 0.3 is 6.03 Å². The molecule has 0 radical (unpaired) electrons. The third-order valence-electron chi connectivity index (χ3n) is 3.52. The second kappa shape index (κ2) is 6.56. The Hall–Kier alpha value is -1.11. The zero-order chi connectivity index (χ0) is 13.8. The molecule has 1 atom stereocenters. The van der Waals surface area contributed by atoms with Crippen LogP contribution in [0, 0.1) is 0 Å². The largest absolute Gasteiger partial charge is 0.376 e. The van der Waals surface area contributed by atoms with Gasteiger partial charge in [-0.1, -0.05) is 6.07 Å². The van der Waals surface area contributed by atoms with E-state index in [1.54, 1.807) is 11.3 Å². The average Bonchev–Trinajstić information content (AvgIpc) is 3.20. The first-order valence-corrected chi connectivity index (χ1v) is 7.97. The first-order chi connectivity index (χ1) is 9.83. The van der Waals surface area contributed by atoms with E-state index in [2.05, 4.69) is 11.4 Å². The summed E-state index contributed by atoms with van der Waals surface area (Å²) in [5.74, 6) is 0. The molecule has 1 N–H and O–H groups in total. The van der Waals surface area contributed by atoms with Gasteiger partial charge in [-0.25, -0.2) is 4.79 Å². The van der Waals surface area contributed by atoms with Gasteiger partial charge in [0.2, 0.25) is 0 Å². The number of nitrogens with one attached hydrogen (secondary N) is 1. The zero-order valence-corrected chi connectivity index (χ0v) is 12.2. The Balaban J connectivity index is 1.50. The van der Waals surface area contributed by atoms with E-state index in [4.69, 9.17) is 9.47 Å². The molecule has 3 rings (SSSR count). The molecule has 0 bridgehead atoms. The van der Waals surface area contributed by atoms with Crippen molar-refractivity contribution in [3.63, 3.8) is 0 Å². The molecule has 6 heteroatoms. The molecule has 1 aliphatic heterocycles. The lowest BCUT2D eigenvalue weighted by Crippen LogP contribution is -2.46. The Kier molecular flexibility index (Phi) is 4.54. The van der Waals surface area contributed by atoms with E-state index in [0.29, 0.717) is 39.0 Å². The molecule has 1 saturated carbocycles. The van der Waals surface area contributed by atoms with E-state index in [9.17, 15) is 4.79 Å². The Bertz CT molecular complexity index is 428. The van der Waals surface area contributed by atoms with Crippen molar-refractivity contribution >= 4 is 17.4 Å². The van der Waals surface area contributed by atoms with Crippen LogP contribution in [0.4, 0.5) is 4.79 Å². The van der Waals surface area contributed by atoms with E-state index in [1.807, 2.05) is 16.3 Å². The summed E-state index contributed by atoms with van der Waals surface area (Å²) >= 11 is 1.69. The highest BCUT2D eigenvalue weighted by Crippen LogP contribution is 2.29. The van der Waals surface area contributed by atoms with Crippen LogP contribution in [0.1, 0.15) is 17.7 Å². The third kappa shape index (κ3) is 3.71. The van der Waals surface area contributed by atoms with Crippen molar-refractivity contribution < 1.29 is 14.3 Å². The number of urea groups is 1. The van der Waals surface area contributed by atoms with E-state index >= 15 is 0 Å². The van der Waals surface area contributed by atoms with E-state index in [0.717, 1.165) is 12.8 Å². The number of hydrogen-bond acceptors (Lipinski definition) is 4. The number of rotatable bonds is 5. The van der Waals surface area contributed by atoms with E-state index in [-0.39, 0.29) is 12.1 Å². The number of thiophene rings is 1. The lowest BCUT2D eigenvalue weighted by molar-refractivity contribution is -0.0856. The minimum atomic E-state index is -0.0181. The van der Waals surface area contributed by atoms with Gasteiger partial charge < -0.3 is 19.7 Å². The molecule has 20 heavy (non-hydrogen) atoms. The minimum Gasteiger partial charge on any atom is -0.376 e. The lowest BCUT2D eigenvalue weighted by Gasteiger charge is -2.26. The molecule has 1 unspecified atom stereocenters. The van der Waals surface area contributed by atoms with Crippen molar-refractivity contribution in [2.45, 2.75) is 31.5 Å². The van der Waals surface area contributed by atoms with Gasteiger partial charge in [0.1, 0.15) is 0 Å². The fraction of sp³-hybridized carbons (Fsp3) is 0.643. The maximum atomic E-state index is 12.3. The topological polar surface area (TPSA) is 50.8 Å². The Morgan fingerprint density at radius 1 is 1.45 bits per heavy atom. The molecule has 1 aromatic heterocycles. The van der Waals surface area contributed by atoms with Crippen molar-refractivity contribution in [3.05, 3.63) is 22.4 Å². The predicted molar refractivity (Wildman–Crippen MR) is 76.8 cm³/mol. The highest BCUT2D eigenvalue weighted by atomic mass is 32.1. The highest BCUT2D eigenvalue weighted by molar-refractivity contribution is 7.09. The number of hydrogen-bond donors (Lipinski definition) is 1. The Morgan fingerprint density at radius 2 is 2.35 bits per heavy atom. The van der Waals surface area contributed by atoms with Gasteiger partial charge in [-0.2, -0.15) is 0 Å². The van der Waals surface area contributed by atoms with Crippen LogP contribution in [0.3, 0.4) is 0 Å². The van der Waals surface area contributed by atoms with Gasteiger partial charge in [-0.15, -0.1) is 11.3 Å². The summed E-state index contributed by atoms with van der Waals surface area (Å²) in [5.41, 5.74) is 0. The molecule has 0 aromatic carbocycles. The molecule has 110 valence electrons. The standard InChI is InChI=1S/C14H20N2O3S/c17-14(15-8-12-10-18-5-6-19-12)16(11-3-4-11)9-13-2-1-7-20-13/h1-2,7,11-12H,3-6,8-10H2,(H,15,17). The quantitative estimate of drug-likeness (QED) is 0.902. The number of ether oxygens (including phenoxy) is 2. The van der Waals surface area contributed by atoms with Gasteiger partial charge in [-0.05, 0) is 24.3 Å². The molecule has 1 saturated heterocycles. The molecule has 5 nitrogen and oxygen atoms in total. The van der Waals surface area contributed by atoms with Gasteiger partial charge in [0.15, 0.2) is 0 Å². The predicted octanol–water partition coefficient (Wildman–Crippen LogP) is 1.84. The first kappa shape index (κ1) is 13.9. The summed E-state index contributed by atoms with van der Waals surface area (Å²) in [5, 5.41) is 5.02. The van der Waals surface area contributed by atoms with Crippen LogP contribution in [0.5, 0.6) is 0 Å². The number of amides is 2. The zero-order valence-electron chi connectivity index (χ0n) is 11.4. The van der Waals surface area contributed by atoms with Crippen LogP contribution >= 0.6 is 11.3 Å². The molecular weight excluding hydrogens is 276 g/mol. The maximum absolute atomic E-state index is 12.3. The van der Waals surface area contributed by atoms with Crippen LogP contribution in [0.15, 0.2) is 17.5 Å². The summed E-state index contributed by atoms with van der Waals surface area (Å²) in [6.07, 6.45) is 2.21. The van der Waals surface area contributed by atoms with Crippen molar-refractivity contribution in [1.29, 1.82) is 0 Å². The molecular formula is C14H20N2O3S. The molecule has 0 spiro atoms. The molecule has 2 aliphatic rings. The van der Waals surface area contributed by atoms with Crippen LogP contribution < -0.4 is 5.32 Å². The summed E-state index contributed by atoms with van der Waals surface area (Å²) in [6, 6.07) is 4.51. The fourth-order valence-electron chi connectivity index (χ4n) is 2.28. The van der Waals surface area contributed by atoms with E-state index < -0.39 is 0 Å². The summed E-state index contributed by atoms with van der Waals surface area (Å²) in [7, 11) is 0. The molecule has 2 heterocycles. The smallest absolute Gasteiger partial charge is 0.318 e. The van der Waals surface area contributed by atoms with Crippen LogP contribution in [-0.4, -0.2) is 49.4 Å². The first-order valence-electron chi connectivity index (χ1n) is 7.09. The fourth-order valence-corrected chi connectivity index (χ4v) is 2.98. The van der Waals surface area contributed by atoms with Crippen molar-refractivity contribution in [2.75, 3.05) is 26.4 Å². The number of carbonyl (C=O) groups is 1. The van der Waals surface area contributed by atoms with Crippen molar-refractivity contribution in [3.8, 4) is 0 Å². The van der Waals surface area contributed by atoms with Gasteiger partial charge in [0.05, 0.1) is 32.5 Å². The van der Waals surface area contributed by atoms with E-state index in [1.165, 1.54) is 4.88 Å². The maximum Gasteiger partial charge on any atom is 0.318 e. The Morgan fingerprint density at radius 3 is 3.00 bits per heavy atom. The van der Waals surface area contributed by atoms with Crippen molar-refractivity contribution in [2.24, 2.45) is 0 Å². The van der Waals surface area contributed by atoms with Gasteiger partial charge in [0.25, 0.3) is 0 Å². The normalized spacial score (nSPS) is 22.5. The summed E-state index contributed by atoms with van der Waals surface area (Å²) in [4.78, 5) is 15.5. The summed E-state index contributed by atoms with van der Waals surface area (Å²) in [6.45, 7) is 3.05. The van der Waals surface area contributed by atoms with Gasteiger partial charge in [-0.3, -0.25) is 0 Å².